The molecule has 1 saturated heterocycles. The van der Waals surface area contributed by atoms with Gasteiger partial charge in [0.2, 0.25) is 17.7 Å². The number of nitrogens with two attached hydrogens (primary N) is 2. The Morgan fingerprint density at radius 2 is 1.70 bits per heavy atom. The van der Waals surface area contributed by atoms with Crippen LogP contribution in [-0.2, 0) is 30.4 Å². The molecule has 0 spiro atoms. The minimum Gasteiger partial charge on any atom is -0.481 e. The maximum atomic E-state index is 13.2. The summed E-state index contributed by atoms with van der Waals surface area (Å²) in [4.78, 5) is 63.1. The maximum absolute atomic E-state index is 13.2. The Hall–Kier alpha value is -3.51. The number of carbonyl (C=O) groups is 5. The Morgan fingerprint density at radius 1 is 1.00 bits per heavy atom. The van der Waals surface area contributed by atoms with Gasteiger partial charge in [0, 0.05) is 19.4 Å². The molecular weight excluding hydrogens is 482 g/mol. The first kappa shape index (κ1) is 29.7. The number of benzene rings is 1. The molecular formula is C25H37N5O7. The molecule has 4 unspecified atom stereocenters. The normalized spacial score (nSPS) is 17.5. The third-order valence-electron chi connectivity index (χ3n) is 6.30. The molecule has 1 aliphatic heterocycles. The van der Waals surface area contributed by atoms with E-state index >= 15 is 0 Å². The predicted molar refractivity (Wildman–Crippen MR) is 134 cm³/mol. The zero-order valence-corrected chi connectivity index (χ0v) is 20.8. The molecule has 1 heterocycles. The van der Waals surface area contributed by atoms with E-state index in [9.17, 15) is 29.1 Å². The number of aliphatic carboxylic acids is 2. The second-order valence-corrected chi connectivity index (χ2v) is 9.16. The number of likely N-dealkylation sites (tertiary alicyclic amines) is 1. The van der Waals surface area contributed by atoms with Gasteiger partial charge in [-0.15, -0.1) is 0 Å². The molecule has 12 heteroatoms. The third-order valence-corrected chi connectivity index (χ3v) is 6.30. The molecule has 2 rings (SSSR count). The maximum Gasteiger partial charge on any atom is 0.326 e. The van der Waals surface area contributed by atoms with Crippen molar-refractivity contribution in [2.75, 3.05) is 13.1 Å². The van der Waals surface area contributed by atoms with Crippen LogP contribution < -0.4 is 22.1 Å². The summed E-state index contributed by atoms with van der Waals surface area (Å²) in [6.07, 6.45) is 2.21. The summed E-state index contributed by atoms with van der Waals surface area (Å²) in [7, 11) is 0. The summed E-state index contributed by atoms with van der Waals surface area (Å²) in [6, 6.07) is 4.71. The van der Waals surface area contributed by atoms with E-state index in [0.29, 0.717) is 38.8 Å². The number of carboxylic acids is 2. The number of nitrogens with zero attached hydrogens (tertiary/aromatic N) is 1. The van der Waals surface area contributed by atoms with Crippen LogP contribution in [0.5, 0.6) is 0 Å². The average Bonchev–Trinajstić information content (AvgIpc) is 3.36. The van der Waals surface area contributed by atoms with Crippen molar-refractivity contribution in [3.8, 4) is 0 Å². The van der Waals surface area contributed by atoms with Gasteiger partial charge in [-0.3, -0.25) is 19.2 Å². The Kier molecular flexibility index (Phi) is 12.0. The molecule has 37 heavy (non-hydrogen) atoms. The van der Waals surface area contributed by atoms with E-state index < -0.39 is 54.3 Å². The van der Waals surface area contributed by atoms with E-state index in [1.54, 1.807) is 30.3 Å². The molecule has 0 aliphatic carbocycles. The summed E-state index contributed by atoms with van der Waals surface area (Å²) in [5.74, 6) is -4.20. The first-order chi connectivity index (χ1) is 17.6. The highest BCUT2D eigenvalue weighted by molar-refractivity contribution is 5.94. The second kappa shape index (κ2) is 14.9. The van der Waals surface area contributed by atoms with Gasteiger partial charge in [0.25, 0.3) is 0 Å². The minimum absolute atomic E-state index is 0.0724. The molecule has 8 N–H and O–H groups in total. The van der Waals surface area contributed by atoms with Gasteiger partial charge in [0.1, 0.15) is 18.1 Å². The van der Waals surface area contributed by atoms with Gasteiger partial charge in [-0.1, -0.05) is 36.8 Å². The highest BCUT2D eigenvalue weighted by Crippen LogP contribution is 2.20. The van der Waals surface area contributed by atoms with Crippen LogP contribution in [0.25, 0.3) is 0 Å². The van der Waals surface area contributed by atoms with E-state index in [0.717, 1.165) is 12.0 Å². The number of carboxylic acid groups (broad SMARTS) is 2. The quantitative estimate of drug-likeness (QED) is 0.166. The number of rotatable bonds is 15. The standard InChI is InChI=1S/C25H37N5O7/c26-13-5-4-9-17(27)24(35)30-14-6-10-20(30)23(34)29-19(15-16-7-2-1-3-8-16)22(33)28-18(25(36)37)11-12-21(31)32/h1-3,7-8,17-20H,4-6,9-15,26-27H2,(H,28,33)(H,29,34)(H,31,32)(H,36,37). The van der Waals surface area contributed by atoms with Gasteiger partial charge in [-0.25, -0.2) is 4.79 Å². The first-order valence-corrected chi connectivity index (χ1v) is 12.5. The van der Waals surface area contributed by atoms with Crippen LogP contribution in [0, 0.1) is 0 Å². The molecule has 4 atom stereocenters. The summed E-state index contributed by atoms with van der Waals surface area (Å²) in [6.45, 7) is 0.868. The summed E-state index contributed by atoms with van der Waals surface area (Å²) in [5.41, 5.74) is 12.3. The number of unbranched alkanes of at least 4 members (excludes halogenated alkanes) is 1. The van der Waals surface area contributed by atoms with Crippen molar-refractivity contribution in [1.29, 1.82) is 0 Å². The van der Waals surface area contributed by atoms with E-state index in [1.807, 2.05) is 0 Å². The van der Waals surface area contributed by atoms with Crippen LogP contribution >= 0.6 is 0 Å². The topological polar surface area (TPSA) is 205 Å². The van der Waals surface area contributed by atoms with Gasteiger partial charge in [0.05, 0.1) is 6.04 Å². The van der Waals surface area contributed by atoms with Crippen molar-refractivity contribution in [3.05, 3.63) is 35.9 Å². The van der Waals surface area contributed by atoms with Gasteiger partial charge in [0.15, 0.2) is 0 Å². The van der Waals surface area contributed by atoms with Crippen LogP contribution in [0.4, 0.5) is 0 Å². The largest absolute Gasteiger partial charge is 0.481 e. The lowest BCUT2D eigenvalue weighted by molar-refractivity contribution is -0.144. The van der Waals surface area contributed by atoms with Crippen molar-refractivity contribution < 1.29 is 34.2 Å². The molecule has 1 fully saturated rings. The molecule has 3 amide bonds. The number of nitrogens with one attached hydrogen (secondary N) is 2. The molecule has 204 valence electrons. The minimum atomic E-state index is -1.44. The van der Waals surface area contributed by atoms with Gasteiger partial charge < -0.3 is 37.2 Å². The Labute approximate surface area is 215 Å². The zero-order valence-electron chi connectivity index (χ0n) is 20.8. The highest BCUT2D eigenvalue weighted by atomic mass is 16.4. The third kappa shape index (κ3) is 9.47. The smallest absolute Gasteiger partial charge is 0.326 e. The molecule has 0 bridgehead atoms. The summed E-state index contributed by atoms with van der Waals surface area (Å²) < 4.78 is 0. The molecule has 0 aromatic heterocycles. The fourth-order valence-electron chi connectivity index (χ4n) is 4.27. The van der Waals surface area contributed by atoms with Crippen molar-refractivity contribution in [3.63, 3.8) is 0 Å². The first-order valence-electron chi connectivity index (χ1n) is 12.5. The van der Waals surface area contributed by atoms with Crippen molar-refractivity contribution in [2.45, 2.75) is 75.5 Å². The second-order valence-electron chi connectivity index (χ2n) is 9.16. The van der Waals surface area contributed by atoms with Crippen LogP contribution in [0.3, 0.4) is 0 Å². The SMILES string of the molecule is NCCCCC(N)C(=O)N1CCCC1C(=O)NC(Cc1ccccc1)C(=O)NC(CCC(=O)O)C(=O)O. The molecule has 1 aliphatic rings. The lowest BCUT2D eigenvalue weighted by Gasteiger charge is -2.28. The number of hydrogen-bond acceptors (Lipinski definition) is 7. The molecule has 1 aromatic carbocycles. The van der Waals surface area contributed by atoms with E-state index in [1.165, 1.54) is 4.90 Å². The summed E-state index contributed by atoms with van der Waals surface area (Å²) >= 11 is 0. The molecule has 12 nitrogen and oxygen atoms in total. The molecule has 0 radical (unpaired) electrons. The monoisotopic (exact) mass is 519 g/mol. The number of carbonyl (C=O) groups excluding carboxylic acids is 3. The highest BCUT2D eigenvalue weighted by Gasteiger charge is 2.38. The van der Waals surface area contributed by atoms with Crippen molar-refractivity contribution in [1.82, 2.24) is 15.5 Å². The van der Waals surface area contributed by atoms with Gasteiger partial charge >= 0.3 is 11.9 Å². The Morgan fingerprint density at radius 3 is 2.32 bits per heavy atom. The van der Waals surface area contributed by atoms with Crippen LogP contribution in [0.15, 0.2) is 30.3 Å². The average molecular weight is 520 g/mol. The van der Waals surface area contributed by atoms with E-state index in [2.05, 4.69) is 10.6 Å². The predicted octanol–water partition coefficient (Wildman–Crippen LogP) is -0.405. The van der Waals surface area contributed by atoms with E-state index in [4.69, 9.17) is 16.6 Å². The van der Waals surface area contributed by atoms with Crippen LogP contribution in [-0.4, -0.2) is 82.0 Å². The van der Waals surface area contributed by atoms with E-state index in [-0.39, 0.29) is 18.7 Å². The fourth-order valence-corrected chi connectivity index (χ4v) is 4.27. The van der Waals surface area contributed by atoms with Gasteiger partial charge in [-0.2, -0.15) is 0 Å². The zero-order chi connectivity index (χ0) is 27.4. The molecule has 1 aromatic rings. The number of hydrogen-bond donors (Lipinski definition) is 6. The molecule has 0 saturated carbocycles. The Bertz CT molecular complexity index is 943. The van der Waals surface area contributed by atoms with Crippen molar-refractivity contribution >= 4 is 29.7 Å². The van der Waals surface area contributed by atoms with Crippen molar-refractivity contribution in [2.24, 2.45) is 11.5 Å². The van der Waals surface area contributed by atoms with Gasteiger partial charge in [-0.05, 0) is 44.2 Å². The van der Waals surface area contributed by atoms with Crippen LogP contribution in [0.1, 0.15) is 50.5 Å². The lowest BCUT2D eigenvalue weighted by atomic mass is 10.0. The fraction of sp³-hybridized carbons (Fsp3) is 0.560. The number of amides is 3. The van der Waals surface area contributed by atoms with Crippen LogP contribution in [0.2, 0.25) is 0 Å². The summed E-state index contributed by atoms with van der Waals surface area (Å²) in [5, 5.41) is 23.3. The Balaban J connectivity index is 2.14. The lowest BCUT2D eigenvalue weighted by Crippen LogP contribution is -2.57.